The van der Waals surface area contributed by atoms with E-state index in [9.17, 15) is 0 Å². The summed E-state index contributed by atoms with van der Waals surface area (Å²) in [6.07, 6.45) is 0. The summed E-state index contributed by atoms with van der Waals surface area (Å²) in [6, 6.07) is 26.5. The van der Waals surface area contributed by atoms with Crippen molar-refractivity contribution in [3.8, 4) is 0 Å². The first kappa shape index (κ1) is 18.8. The zero-order valence-corrected chi connectivity index (χ0v) is 16.5. The standard InChI is InChI=1S/C21H19ClN2S2/c22-20-9-5-4-6-17(20)14-23-21(25)24-18-12-10-16(11-13-18)15-26-19-7-2-1-3-8-19/h1-13H,14-15H2,(H2,23,24,25). The van der Waals surface area contributed by atoms with Gasteiger partial charge in [-0.3, -0.25) is 0 Å². The summed E-state index contributed by atoms with van der Waals surface area (Å²) < 4.78 is 0. The molecule has 0 bridgehead atoms. The van der Waals surface area contributed by atoms with Gasteiger partial charge in [-0.05, 0) is 53.7 Å². The Kier molecular flexibility index (Phi) is 6.95. The summed E-state index contributed by atoms with van der Waals surface area (Å²) >= 11 is 13.3. The molecule has 132 valence electrons. The van der Waals surface area contributed by atoms with Crippen LogP contribution < -0.4 is 10.6 Å². The molecule has 0 aliphatic carbocycles. The zero-order chi connectivity index (χ0) is 18.2. The lowest BCUT2D eigenvalue weighted by atomic mass is 10.2. The number of anilines is 1. The van der Waals surface area contributed by atoms with Crippen LogP contribution >= 0.6 is 35.6 Å². The Hall–Kier alpha value is -2.01. The van der Waals surface area contributed by atoms with Crippen molar-refractivity contribution in [1.82, 2.24) is 5.32 Å². The highest BCUT2D eigenvalue weighted by Gasteiger charge is 2.02. The highest BCUT2D eigenvalue weighted by Crippen LogP contribution is 2.23. The van der Waals surface area contributed by atoms with E-state index < -0.39 is 0 Å². The predicted molar refractivity (Wildman–Crippen MR) is 117 cm³/mol. The number of benzene rings is 3. The molecule has 0 fully saturated rings. The Morgan fingerprint density at radius 1 is 0.885 bits per heavy atom. The molecule has 5 heteroatoms. The molecule has 2 N–H and O–H groups in total. The second-order valence-corrected chi connectivity index (χ2v) is 7.56. The van der Waals surface area contributed by atoms with Crippen molar-refractivity contribution in [2.75, 3.05) is 5.32 Å². The second-order valence-electron chi connectivity index (χ2n) is 5.70. The van der Waals surface area contributed by atoms with Gasteiger partial charge in [0.2, 0.25) is 0 Å². The number of rotatable bonds is 6. The Morgan fingerprint density at radius 2 is 1.58 bits per heavy atom. The van der Waals surface area contributed by atoms with Gasteiger partial charge in [0.25, 0.3) is 0 Å². The number of hydrogen-bond donors (Lipinski definition) is 2. The predicted octanol–water partition coefficient (Wildman–Crippen LogP) is 6.12. The van der Waals surface area contributed by atoms with E-state index in [1.54, 1.807) is 0 Å². The van der Waals surface area contributed by atoms with Crippen LogP contribution in [0, 0.1) is 0 Å². The first-order chi connectivity index (χ1) is 12.7. The maximum Gasteiger partial charge on any atom is 0.171 e. The van der Waals surface area contributed by atoms with Gasteiger partial charge in [-0.25, -0.2) is 0 Å². The van der Waals surface area contributed by atoms with Crippen LogP contribution in [0.5, 0.6) is 0 Å². The third-order valence-electron chi connectivity index (χ3n) is 3.76. The average molecular weight is 399 g/mol. The molecule has 0 atom stereocenters. The molecule has 0 radical (unpaired) electrons. The van der Waals surface area contributed by atoms with Gasteiger partial charge in [-0.2, -0.15) is 0 Å². The highest BCUT2D eigenvalue weighted by atomic mass is 35.5. The van der Waals surface area contributed by atoms with Crippen molar-refractivity contribution < 1.29 is 0 Å². The molecular formula is C21H19ClN2S2. The molecule has 0 amide bonds. The topological polar surface area (TPSA) is 24.1 Å². The van der Waals surface area contributed by atoms with Gasteiger partial charge in [0, 0.05) is 27.9 Å². The number of nitrogens with one attached hydrogen (secondary N) is 2. The van der Waals surface area contributed by atoms with Gasteiger partial charge in [0.15, 0.2) is 5.11 Å². The molecule has 3 rings (SSSR count). The quantitative estimate of drug-likeness (QED) is 0.386. The Morgan fingerprint density at radius 3 is 2.31 bits per heavy atom. The Balaban J connectivity index is 1.47. The van der Waals surface area contributed by atoms with Crippen molar-refractivity contribution in [1.29, 1.82) is 0 Å². The summed E-state index contributed by atoms with van der Waals surface area (Å²) in [7, 11) is 0. The Labute approximate surface area is 169 Å². The van der Waals surface area contributed by atoms with Crippen molar-refractivity contribution in [2.45, 2.75) is 17.2 Å². The fourth-order valence-corrected chi connectivity index (χ4v) is 3.63. The maximum atomic E-state index is 6.15. The lowest BCUT2D eigenvalue weighted by Gasteiger charge is -2.12. The monoisotopic (exact) mass is 398 g/mol. The van der Waals surface area contributed by atoms with Crippen LogP contribution in [-0.2, 0) is 12.3 Å². The van der Waals surface area contributed by atoms with Crippen LogP contribution in [0.25, 0.3) is 0 Å². The van der Waals surface area contributed by atoms with E-state index in [0.717, 1.165) is 22.0 Å². The average Bonchev–Trinajstić information content (AvgIpc) is 2.68. The number of thioether (sulfide) groups is 1. The second kappa shape index (κ2) is 9.62. The lowest BCUT2D eigenvalue weighted by Crippen LogP contribution is -2.27. The van der Waals surface area contributed by atoms with E-state index in [-0.39, 0.29) is 0 Å². The minimum Gasteiger partial charge on any atom is -0.358 e. The fraction of sp³-hybridized carbons (Fsp3) is 0.0952. The molecular weight excluding hydrogens is 380 g/mol. The number of hydrogen-bond acceptors (Lipinski definition) is 2. The highest BCUT2D eigenvalue weighted by molar-refractivity contribution is 7.98. The van der Waals surface area contributed by atoms with E-state index in [4.69, 9.17) is 23.8 Å². The molecule has 0 unspecified atom stereocenters. The summed E-state index contributed by atoms with van der Waals surface area (Å²) in [5.41, 5.74) is 3.26. The summed E-state index contributed by atoms with van der Waals surface area (Å²) in [5.74, 6) is 0.944. The van der Waals surface area contributed by atoms with Gasteiger partial charge < -0.3 is 10.6 Å². The van der Waals surface area contributed by atoms with E-state index in [2.05, 4.69) is 47.0 Å². The minimum absolute atomic E-state index is 0.580. The number of thiocarbonyl (C=S) groups is 1. The van der Waals surface area contributed by atoms with Crippen LogP contribution in [0.2, 0.25) is 5.02 Å². The molecule has 0 aromatic heterocycles. The molecule has 0 aliphatic rings. The summed E-state index contributed by atoms with van der Waals surface area (Å²) in [6.45, 7) is 0.595. The SMILES string of the molecule is S=C(NCc1ccccc1Cl)Nc1ccc(CSc2ccccc2)cc1. The third-order valence-corrected chi connectivity index (χ3v) is 5.46. The smallest absolute Gasteiger partial charge is 0.171 e. The van der Waals surface area contributed by atoms with Crippen LogP contribution in [0.3, 0.4) is 0 Å². The largest absolute Gasteiger partial charge is 0.358 e. The van der Waals surface area contributed by atoms with Crippen molar-refractivity contribution in [3.05, 3.63) is 95.0 Å². The molecule has 26 heavy (non-hydrogen) atoms. The fourth-order valence-electron chi connectivity index (χ4n) is 2.36. The van der Waals surface area contributed by atoms with Crippen LogP contribution in [-0.4, -0.2) is 5.11 Å². The van der Waals surface area contributed by atoms with Gasteiger partial charge >= 0.3 is 0 Å². The number of halogens is 1. The molecule has 0 spiro atoms. The van der Waals surface area contributed by atoms with Crippen molar-refractivity contribution >= 4 is 46.4 Å². The summed E-state index contributed by atoms with van der Waals surface area (Å²) in [5, 5.41) is 7.70. The van der Waals surface area contributed by atoms with E-state index >= 15 is 0 Å². The van der Waals surface area contributed by atoms with Gasteiger partial charge in [-0.15, -0.1) is 11.8 Å². The molecule has 0 heterocycles. The minimum atomic E-state index is 0.580. The molecule has 3 aromatic rings. The zero-order valence-electron chi connectivity index (χ0n) is 14.1. The van der Waals surface area contributed by atoms with Gasteiger partial charge in [0.05, 0.1) is 0 Å². The molecule has 0 saturated heterocycles. The molecule has 2 nitrogen and oxygen atoms in total. The lowest BCUT2D eigenvalue weighted by molar-refractivity contribution is 0.926. The third kappa shape index (κ3) is 5.77. The van der Waals surface area contributed by atoms with E-state index in [0.29, 0.717) is 11.7 Å². The first-order valence-electron chi connectivity index (χ1n) is 8.26. The van der Waals surface area contributed by atoms with Crippen LogP contribution in [0.15, 0.2) is 83.8 Å². The molecule has 3 aromatic carbocycles. The first-order valence-corrected chi connectivity index (χ1v) is 10.0. The van der Waals surface area contributed by atoms with Crippen molar-refractivity contribution in [3.63, 3.8) is 0 Å². The van der Waals surface area contributed by atoms with Crippen molar-refractivity contribution in [2.24, 2.45) is 0 Å². The molecule has 0 aliphatic heterocycles. The normalized spacial score (nSPS) is 10.3. The van der Waals surface area contributed by atoms with E-state index in [1.165, 1.54) is 10.5 Å². The Bertz CT molecular complexity index is 851. The maximum absolute atomic E-state index is 6.15. The van der Waals surface area contributed by atoms with Crippen LogP contribution in [0.4, 0.5) is 5.69 Å². The molecule has 0 saturated carbocycles. The summed E-state index contributed by atoms with van der Waals surface area (Å²) in [4.78, 5) is 1.28. The van der Waals surface area contributed by atoms with Gasteiger partial charge in [-0.1, -0.05) is 60.1 Å². The van der Waals surface area contributed by atoms with Crippen LogP contribution in [0.1, 0.15) is 11.1 Å². The van der Waals surface area contributed by atoms with Gasteiger partial charge in [0.1, 0.15) is 0 Å². The van der Waals surface area contributed by atoms with E-state index in [1.807, 2.05) is 54.2 Å².